The molecule has 1 amide bonds. The van der Waals surface area contributed by atoms with Crippen molar-refractivity contribution in [2.24, 2.45) is 5.73 Å². The van der Waals surface area contributed by atoms with E-state index in [9.17, 15) is 13.2 Å². The van der Waals surface area contributed by atoms with E-state index in [4.69, 9.17) is 5.73 Å². The van der Waals surface area contributed by atoms with Crippen molar-refractivity contribution in [3.05, 3.63) is 24.3 Å². The minimum atomic E-state index is -2.40. The van der Waals surface area contributed by atoms with Gasteiger partial charge in [-0.3, -0.25) is 0 Å². The fourth-order valence-corrected chi connectivity index (χ4v) is 1.38. The Kier molecular flexibility index (Phi) is 2.86. The molecule has 0 aliphatic heterocycles. The average Bonchev–Trinajstić information content (AvgIpc) is 2.03. The predicted octanol–water partition coefficient (Wildman–Crippen LogP) is -0.372. The maximum absolute atomic E-state index is 10.6. The number of allylic oxidation sites excluding steroid dienone is 2. The number of ether oxygens (including phenoxy) is 1. The second-order valence-electron chi connectivity index (χ2n) is 2.24. The molecule has 1 aliphatic carbocycles. The summed E-state index contributed by atoms with van der Waals surface area (Å²) in [6.07, 6.45) is 3.97. The first kappa shape index (κ1) is 9.53. The molecule has 70 valence electrons. The standard InChI is InChI=1S/C7H7NO4S/c8-7(9)12-5-3-1-2-4-6(5)13(10)11/h1-5H,(H2,8,9). The van der Waals surface area contributed by atoms with Gasteiger partial charge in [0.1, 0.15) is 4.86 Å². The smallest absolute Gasteiger partial charge is 0.405 e. The van der Waals surface area contributed by atoms with E-state index < -0.39 is 22.5 Å². The van der Waals surface area contributed by atoms with Crippen LogP contribution < -0.4 is 5.73 Å². The van der Waals surface area contributed by atoms with E-state index in [1.54, 1.807) is 6.08 Å². The number of amides is 1. The molecule has 0 heterocycles. The Labute approximate surface area is 76.0 Å². The highest BCUT2D eigenvalue weighted by Crippen LogP contribution is 2.04. The zero-order valence-corrected chi connectivity index (χ0v) is 7.32. The maximum atomic E-state index is 10.6. The van der Waals surface area contributed by atoms with Gasteiger partial charge >= 0.3 is 6.09 Å². The molecule has 0 fully saturated rings. The van der Waals surface area contributed by atoms with Gasteiger partial charge in [0.2, 0.25) is 10.3 Å². The highest BCUT2D eigenvalue weighted by atomic mass is 32.2. The molecule has 6 heteroatoms. The number of primary amides is 1. The molecule has 13 heavy (non-hydrogen) atoms. The molecule has 1 unspecified atom stereocenters. The summed E-state index contributed by atoms with van der Waals surface area (Å²) >= 11 is 0. The summed E-state index contributed by atoms with van der Waals surface area (Å²) in [5, 5.41) is 0. The molecule has 0 saturated heterocycles. The molecule has 0 radical (unpaired) electrons. The van der Waals surface area contributed by atoms with Gasteiger partial charge in [0, 0.05) is 0 Å². The molecule has 5 nitrogen and oxygen atoms in total. The summed E-state index contributed by atoms with van der Waals surface area (Å²) in [7, 11) is -2.40. The van der Waals surface area contributed by atoms with Crippen LogP contribution in [0.3, 0.4) is 0 Å². The van der Waals surface area contributed by atoms with Gasteiger partial charge in [0.05, 0.1) is 0 Å². The topological polar surface area (TPSA) is 86.5 Å². The molecular formula is C7H7NO4S. The van der Waals surface area contributed by atoms with Crippen molar-refractivity contribution in [2.45, 2.75) is 6.10 Å². The van der Waals surface area contributed by atoms with Gasteiger partial charge in [-0.2, -0.15) is 8.42 Å². The van der Waals surface area contributed by atoms with E-state index in [0.717, 1.165) is 0 Å². The summed E-state index contributed by atoms with van der Waals surface area (Å²) in [4.78, 5) is 10.4. The lowest BCUT2D eigenvalue weighted by atomic mass is 10.1. The Morgan fingerprint density at radius 2 is 2.15 bits per heavy atom. The van der Waals surface area contributed by atoms with E-state index in [-0.39, 0.29) is 4.86 Å². The van der Waals surface area contributed by atoms with Crippen molar-refractivity contribution >= 4 is 21.3 Å². The van der Waals surface area contributed by atoms with Crippen LogP contribution in [0, 0.1) is 0 Å². The van der Waals surface area contributed by atoms with Gasteiger partial charge < -0.3 is 10.5 Å². The third kappa shape index (κ3) is 2.45. The van der Waals surface area contributed by atoms with Crippen LogP contribution in [0.4, 0.5) is 4.79 Å². The Hall–Kier alpha value is -1.56. The van der Waals surface area contributed by atoms with Crippen LogP contribution in [0.2, 0.25) is 0 Å². The third-order valence-corrected chi connectivity index (χ3v) is 2.13. The molecule has 1 atom stereocenters. The van der Waals surface area contributed by atoms with E-state index in [1.807, 2.05) is 0 Å². The summed E-state index contributed by atoms with van der Waals surface area (Å²) in [6, 6.07) is 0. The normalized spacial score (nSPS) is 20.0. The summed E-state index contributed by atoms with van der Waals surface area (Å²) in [5.41, 5.74) is 4.75. The van der Waals surface area contributed by atoms with Crippen LogP contribution in [-0.4, -0.2) is 25.5 Å². The molecule has 0 saturated carbocycles. The first-order chi connectivity index (χ1) is 6.11. The van der Waals surface area contributed by atoms with E-state index >= 15 is 0 Å². The summed E-state index contributed by atoms with van der Waals surface area (Å²) < 4.78 is 25.7. The number of carbonyl (C=O) groups is 1. The van der Waals surface area contributed by atoms with Crippen LogP contribution in [0.1, 0.15) is 0 Å². The third-order valence-electron chi connectivity index (χ3n) is 1.37. The minimum Gasteiger partial charge on any atom is -0.436 e. The number of hydrogen-bond acceptors (Lipinski definition) is 4. The Morgan fingerprint density at radius 1 is 1.46 bits per heavy atom. The van der Waals surface area contributed by atoms with E-state index in [0.29, 0.717) is 0 Å². The van der Waals surface area contributed by atoms with Gasteiger partial charge in [0.15, 0.2) is 6.10 Å². The van der Waals surface area contributed by atoms with Gasteiger partial charge in [-0.05, 0) is 12.2 Å². The lowest BCUT2D eigenvalue weighted by molar-refractivity contribution is 0.154. The molecule has 2 N–H and O–H groups in total. The number of rotatable bonds is 1. The molecule has 0 aromatic heterocycles. The van der Waals surface area contributed by atoms with Crippen molar-refractivity contribution in [3.8, 4) is 0 Å². The van der Waals surface area contributed by atoms with Crippen molar-refractivity contribution in [2.75, 3.05) is 0 Å². The zero-order chi connectivity index (χ0) is 9.84. The molecule has 0 bridgehead atoms. The van der Waals surface area contributed by atoms with Crippen LogP contribution in [0.5, 0.6) is 0 Å². The van der Waals surface area contributed by atoms with Crippen LogP contribution in [0.25, 0.3) is 0 Å². The minimum absolute atomic E-state index is 0.0127. The highest BCUT2D eigenvalue weighted by Gasteiger charge is 2.17. The largest absolute Gasteiger partial charge is 0.436 e. The fourth-order valence-electron chi connectivity index (χ4n) is 0.878. The molecule has 0 aromatic carbocycles. The summed E-state index contributed by atoms with van der Waals surface area (Å²) in [6.45, 7) is 0. The molecular weight excluding hydrogens is 194 g/mol. The lowest BCUT2D eigenvalue weighted by Gasteiger charge is -2.12. The molecule has 1 aliphatic rings. The van der Waals surface area contributed by atoms with Crippen molar-refractivity contribution in [1.82, 2.24) is 0 Å². The zero-order valence-electron chi connectivity index (χ0n) is 6.51. The van der Waals surface area contributed by atoms with Crippen molar-refractivity contribution in [3.63, 3.8) is 0 Å². The number of hydrogen-bond donors (Lipinski definition) is 1. The van der Waals surface area contributed by atoms with E-state index in [2.05, 4.69) is 4.74 Å². The van der Waals surface area contributed by atoms with E-state index in [1.165, 1.54) is 18.2 Å². The van der Waals surface area contributed by atoms with Crippen molar-refractivity contribution in [1.29, 1.82) is 0 Å². The van der Waals surface area contributed by atoms with Gasteiger partial charge in [-0.1, -0.05) is 12.2 Å². The van der Waals surface area contributed by atoms with Crippen LogP contribution >= 0.6 is 0 Å². The lowest BCUT2D eigenvalue weighted by Crippen LogP contribution is -2.28. The van der Waals surface area contributed by atoms with Gasteiger partial charge in [-0.25, -0.2) is 4.79 Å². The monoisotopic (exact) mass is 201 g/mol. The second kappa shape index (κ2) is 3.90. The van der Waals surface area contributed by atoms with Crippen LogP contribution in [-0.2, 0) is 15.0 Å². The SMILES string of the molecule is NC(=O)OC1C=CC=CC1=S(=O)=O. The molecule has 1 rings (SSSR count). The van der Waals surface area contributed by atoms with Gasteiger partial charge in [0.25, 0.3) is 0 Å². The second-order valence-corrected chi connectivity index (χ2v) is 3.18. The Morgan fingerprint density at radius 3 is 2.69 bits per heavy atom. The highest BCUT2D eigenvalue weighted by molar-refractivity contribution is 7.73. The summed E-state index contributed by atoms with van der Waals surface area (Å²) in [5.74, 6) is 0. The first-order valence-corrected chi connectivity index (χ1v) is 4.46. The average molecular weight is 201 g/mol. The Balaban J connectivity index is 2.97. The fraction of sp³-hybridized carbons (Fsp3) is 0.143. The predicted molar refractivity (Wildman–Crippen MR) is 46.7 cm³/mol. The number of nitrogens with two attached hydrogens (primary N) is 1. The Bertz CT molecular complexity index is 396. The number of carbonyl (C=O) groups excluding carboxylic acids is 1. The first-order valence-electron chi connectivity index (χ1n) is 3.38. The molecule has 0 spiro atoms. The quantitative estimate of drug-likeness (QED) is 0.586. The van der Waals surface area contributed by atoms with Crippen LogP contribution in [0.15, 0.2) is 24.3 Å². The maximum Gasteiger partial charge on any atom is 0.405 e. The molecule has 0 aromatic rings. The van der Waals surface area contributed by atoms with Gasteiger partial charge in [-0.15, -0.1) is 0 Å². The van der Waals surface area contributed by atoms with Crippen molar-refractivity contribution < 1.29 is 17.9 Å².